The molecule has 0 saturated carbocycles. The van der Waals surface area contributed by atoms with E-state index in [2.05, 4.69) is 9.97 Å². The van der Waals surface area contributed by atoms with E-state index in [1.54, 1.807) is 0 Å². The highest BCUT2D eigenvalue weighted by Crippen LogP contribution is 2.31. The molecule has 1 N–H and O–H groups in total. The van der Waals surface area contributed by atoms with Gasteiger partial charge in [-0.25, -0.2) is 4.98 Å². The zero-order valence-electron chi connectivity index (χ0n) is 12.9. The Labute approximate surface area is 135 Å². The number of nitrogens with one attached hydrogen (secondary N) is 1. The Kier molecular flexibility index (Phi) is 3.58. The van der Waals surface area contributed by atoms with Crippen LogP contribution in [0, 0.1) is 0 Å². The lowest BCUT2D eigenvalue weighted by molar-refractivity contribution is -0.131. The lowest BCUT2D eigenvalue weighted by Gasteiger charge is -2.23. The van der Waals surface area contributed by atoms with Gasteiger partial charge in [-0.05, 0) is 30.5 Å². The first-order valence-corrected chi connectivity index (χ1v) is 8.09. The van der Waals surface area contributed by atoms with E-state index in [-0.39, 0.29) is 11.9 Å². The Bertz CT molecular complexity index is 792. The molecule has 1 aliphatic rings. The minimum Gasteiger partial charge on any atom is -0.340 e. The molecule has 0 unspecified atom stereocenters. The number of rotatable bonds is 3. The first-order valence-electron chi connectivity index (χ1n) is 8.09. The van der Waals surface area contributed by atoms with Crippen LogP contribution in [0.1, 0.15) is 30.3 Å². The summed E-state index contributed by atoms with van der Waals surface area (Å²) in [6.45, 7) is 0.813. The average Bonchev–Trinajstić information content (AvgIpc) is 3.22. The fourth-order valence-corrected chi connectivity index (χ4v) is 3.35. The largest absolute Gasteiger partial charge is 0.340 e. The van der Waals surface area contributed by atoms with E-state index in [1.165, 1.54) is 0 Å². The van der Waals surface area contributed by atoms with Crippen molar-refractivity contribution in [3.05, 3.63) is 66.0 Å². The molecule has 1 aromatic heterocycles. The fourth-order valence-electron chi connectivity index (χ4n) is 3.35. The summed E-state index contributed by atoms with van der Waals surface area (Å²) in [5.74, 6) is 1.09. The van der Waals surface area contributed by atoms with E-state index in [9.17, 15) is 4.79 Å². The third-order valence-electron chi connectivity index (χ3n) is 4.49. The molecule has 0 spiro atoms. The summed E-state index contributed by atoms with van der Waals surface area (Å²) < 4.78 is 0. The van der Waals surface area contributed by atoms with Gasteiger partial charge in [-0.3, -0.25) is 4.79 Å². The SMILES string of the molecule is O=C(Cc1ccccc1)N1CCC[C@@H]1c1nc2ccccc2[nH]1. The van der Waals surface area contributed by atoms with Gasteiger partial charge in [0.05, 0.1) is 23.5 Å². The Morgan fingerprint density at radius 2 is 1.91 bits per heavy atom. The first kappa shape index (κ1) is 14.0. The monoisotopic (exact) mass is 305 g/mol. The minimum absolute atomic E-state index is 0.0682. The molecule has 2 aromatic carbocycles. The summed E-state index contributed by atoms with van der Waals surface area (Å²) in [7, 11) is 0. The summed E-state index contributed by atoms with van der Waals surface area (Å²) in [6, 6.07) is 18.0. The number of imidazole rings is 1. The van der Waals surface area contributed by atoms with Gasteiger partial charge in [-0.2, -0.15) is 0 Å². The summed E-state index contributed by atoms with van der Waals surface area (Å²) in [6.07, 6.45) is 2.46. The molecule has 4 heteroatoms. The van der Waals surface area contributed by atoms with Crippen molar-refractivity contribution in [3.63, 3.8) is 0 Å². The number of amides is 1. The molecule has 0 bridgehead atoms. The maximum Gasteiger partial charge on any atom is 0.227 e. The number of aromatic nitrogens is 2. The highest BCUT2D eigenvalue weighted by molar-refractivity contribution is 5.80. The van der Waals surface area contributed by atoms with E-state index in [0.29, 0.717) is 6.42 Å². The first-order chi connectivity index (χ1) is 11.3. The average molecular weight is 305 g/mol. The molecular formula is C19H19N3O. The van der Waals surface area contributed by atoms with Crippen LogP contribution in [0.4, 0.5) is 0 Å². The zero-order valence-corrected chi connectivity index (χ0v) is 12.9. The van der Waals surface area contributed by atoms with Gasteiger partial charge in [0.15, 0.2) is 0 Å². The second kappa shape index (κ2) is 5.88. The van der Waals surface area contributed by atoms with Crippen LogP contribution in [0.3, 0.4) is 0 Å². The molecule has 1 fully saturated rings. The summed E-state index contributed by atoms with van der Waals surface area (Å²) in [4.78, 5) is 22.7. The molecule has 4 rings (SSSR count). The second-order valence-corrected chi connectivity index (χ2v) is 6.05. The minimum atomic E-state index is 0.0682. The maximum atomic E-state index is 12.7. The van der Waals surface area contributed by atoms with Crippen LogP contribution in [0.2, 0.25) is 0 Å². The number of H-pyrrole nitrogens is 1. The van der Waals surface area contributed by atoms with Crippen LogP contribution in [0.15, 0.2) is 54.6 Å². The van der Waals surface area contributed by atoms with Gasteiger partial charge >= 0.3 is 0 Å². The number of benzene rings is 2. The lowest BCUT2D eigenvalue weighted by atomic mass is 10.1. The smallest absolute Gasteiger partial charge is 0.227 e. The predicted molar refractivity (Wildman–Crippen MR) is 89.9 cm³/mol. The van der Waals surface area contributed by atoms with Crippen LogP contribution >= 0.6 is 0 Å². The molecule has 23 heavy (non-hydrogen) atoms. The van der Waals surface area contributed by atoms with Crippen molar-refractivity contribution in [3.8, 4) is 0 Å². The zero-order chi connectivity index (χ0) is 15.6. The van der Waals surface area contributed by atoms with Crippen molar-refractivity contribution < 1.29 is 4.79 Å². The van der Waals surface area contributed by atoms with Gasteiger partial charge in [0.2, 0.25) is 5.91 Å². The topological polar surface area (TPSA) is 49.0 Å². The van der Waals surface area contributed by atoms with Crippen molar-refractivity contribution in [1.29, 1.82) is 0 Å². The Balaban J connectivity index is 1.57. The number of carbonyl (C=O) groups is 1. The van der Waals surface area contributed by atoms with Crippen LogP contribution in [-0.4, -0.2) is 27.3 Å². The molecule has 3 aromatic rings. The molecule has 1 amide bonds. The van der Waals surface area contributed by atoms with Gasteiger partial charge in [-0.1, -0.05) is 42.5 Å². The second-order valence-electron chi connectivity index (χ2n) is 6.05. The van der Waals surface area contributed by atoms with Crippen LogP contribution in [0.5, 0.6) is 0 Å². The summed E-state index contributed by atoms with van der Waals surface area (Å²) >= 11 is 0. The lowest BCUT2D eigenvalue weighted by Crippen LogP contribution is -2.32. The molecule has 4 nitrogen and oxygen atoms in total. The van der Waals surface area contributed by atoms with Gasteiger partial charge in [-0.15, -0.1) is 0 Å². The number of hydrogen-bond donors (Lipinski definition) is 1. The number of aromatic amines is 1. The molecule has 0 aliphatic carbocycles. The maximum absolute atomic E-state index is 12.7. The molecule has 1 atom stereocenters. The van der Waals surface area contributed by atoms with E-state index >= 15 is 0 Å². The third-order valence-corrected chi connectivity index (χ3v) is 4.49. The van der Waals surface area contributed by atoms with E-state index in [0.717, 1.165) is 41.8 Å². The number of fused-ring (bicyclic) bond motifs is 1. The molecule has 1 aliphatic heterocycles. The van der Waals surface area contributed by atoms with Crippen LogP contribution < -0.4 is 0 Å². The highest BCUT2D eigenvalue weighted by atomic mass is 16.2. The van der Waals surface area contributed by atoms with E-state index in [1.807, 2.05) is 59.5 Å². The molecule has 0 radical (unpaired) electrons. The Morgan fingerprint density at radius 1 is 1.13 bits per heavy atom. The van der Waals surface area contributed by atoms with Crippen molar-refractivity contribution >= 4 is 16.9 Å². The predicted octanol–water partition coefficient (Wildman–Crippen LogP) is 3.47. The third kappa shape index (κ3) is 2.72. The standard InChI is InChI=1S/C19H19N3O/c23-18(13-14-7-2-1-3-8-14)22-12-6-11-17(22)19-20-15-9-4-5-10-16(15)21-19/h1-5,7-10,17H,6,11-13H2,(H,20,21)/t17-/m1/s1. The normalized spacial score (nSPS) is 17.7. The van der Waals surface area contributed by atoms with E-state index in [4.69, 9.17) is 0 Å². The number of nitrogens with zero attached hydrogens (tertiary/aromatic N) is 2. The summed E-state index contributed by atoms with van der Waals surface area (Å²) in [5.41, 5.74) is 3.06. The van der Waals surface area contributed by atoms with Gasteiger partial charge in [0, 0.05) is 6.54 Å². The van der Waals surface area contributed by atoms with E-state index < -0.39 is 0 Å². The number of carbonyl (C=O) groups excluding carboxylic acids is 1. The molecule has 2 heterocycles. The summed E-state index contributed by atoms with van der Waals surface area (Å²) in [5, 5.41) is 0. The van der Waals surface area contributed by atoms with Crippen molar-refractivity contribution in [2.24, 2.45) is 0 Å². The van der Waals surface area contributed by atoms with Crippen LogP contribution in [0.25, 0.3) is 11.0 Å². The van der Waals surface area contributed by atoms with Gasteiger partial charge < -0.3 is 9.88 Å². The van der Waals surface area contributed by atoms with Crippen LogP contribution in [-0.2, 0) is 11.2 Å². The van der Waals surface area contributed by atoms with Crippen molar-refractivity contribution in [2.45, 2.75) is 25.3 Å². The number of hydrogen-bond acceptors (Lipinski definition) is 2. The molecule has 1 saturated heterocycles. The quantitative estimate of drug-likeness (QED) is 0.805. The number of para-hydroxylation sites is 2. The Morgan fingerprint density at radius 3 is 2.74 bits per heavy atom. The molecule has 116 valence electrons. The Hall–Kier alpha value is -2.62. The molecular weight excluding hydrogens is 286 g/mol. The highest BCUT2D eigenvalue weighted by Gasteiger charge is 2.31. The van der Waals surface area contributed by atoms with Gasteiger partial charge in [0.1, 0.15) is 5.82 Å². The number of likely N-dealkylation sites (tertiary alicyclic amines) is 1. The van der Waals surface area contributed by atoms with Crippen molar-refractivity contribution in [2.75, 3.05) is 6.54 Å². The van der Waals surface area contributed by atoms with Gasteiger partial charge in [0.25, 0.3) is 0 Å². The fraction of sp³-hybridized carbons (Fsp3) is 0.263. The van der Waals surface area contributed by atoms with Crippen molar-refractivity contribution in [1.82, 2.24) is 14.9 Å².